The van der Waals surface area contributed by atoms with Gasteiger partial charge in [-0.25, -0.2) is 9.18 Å². The van der Waals surface area contributed by atoms with E-state index in [9.17, 15) is 14.3 Å². The molecule has 0 spiro atoms. The molecule has 110 valence electrons. The van der Waals surface area contributed by atoms with Crippen LogP contribution in [0.5, 0.6) is 0 Å². The predicted molar refractivity (Wildman–Crippen MR) is 57.6 cm³/mol. The Bertz CT molecular complexity index is 348. The average molecular weight is 280 g/mol. The Balaban J connectivity index is 2.18. The van der Waals surface area contributed by atoms with Gasteiger partial charge >= 0.3 is 5.97 Å². The lowest BCUT2D eigenvalue weighted by molar-refractivity contribution is -0.261. The lowest BCUT2D eigenvalue weighted by Crippen LogP contribution is -2.59. The molecule has 2 fully saturated rings. The van der Waals surface area contributed by atoms with Crippen molar-refractivity contribution in [1.29, 1.82) is 0 Å². The molecule has 2 N–H and O–H groups in total. The summed E-state index contributed by atoms with van der Waals surface area (Å²) >= 11 is 0. The summed E-state index contributed by atoms with van der Waals surface area (Å²) in [5.74, 6) is -2.10. The second-order valence-corrected chi connectivity index (χ2v) is 4.90. The standard InChI is InChI=1S/C11H17FO7/c1-11(2)18-9-8(17-6(14)3-12)7(15)5(4-13)16-10(9)19-11/h5,7-10,13,15H,3-4H2,1-2H3/t5-,7+,8-,9-,10+/m0/s1. The zero-order chi connectivity index (χ0) is 14.2. The van der Waals surface area contributed by atoms with Crippen LogP contribution >= 0.6 is 0 Å². The fourth-order valence-electron chi connectivity index (χ4n) is 2.21. The Morgan fingerprint density at radius 2 is 2.11 bits per heavy atom. The van der Waals surface area contributed by atoms with Crippen LogP contribution in [0.1, 0.15) is 13.8 Å². The van der Waals surface area contributed by atoms with E-state index in [0.717, 1.165) is 0 Å². The molecule has 2 aliphatic heterocycles. The number of alkyl halides is 1. The van der Waals surface area contributed by atoms with Crippen molar-refractivity contribution in [2.45, 2.75) is 50.3 Å². The fraction of sp³-hybridized carbons (Fsp3) is 0.909. The highest BCUT2D eigenvalue weighted by molar-refractivity contribution is 5.70. The lowest BCUT2D eigenvalue weighted by Gasteiger charge is -2.38. The van der Waals surface area contributed by atoms with Gasteiger partial charge in [-0.3, -0.25) is 0 Å². The molecule has 0 saturated carbocycles. The number of ether oxygens (including phenoxy) is 4. The second kappa shape index (κ2) is 5.29. The molecule has 5 atom stereocenters. The van der Waals surface area contributed by atoms with E-state index in [1.807, 2.05) is 0 Å². The summed E-state index contributed by atoms with van der Waals surface area (Å²) in [5, 5.41) is 19.1. The maximum absolute atomic E-state index is 12.2. The van der Waals surface area contributed by atoms with Crippen LogP contribution in [-0.2, 0) is 23.7 Å². The number of carbonyl (C=O) groups excluding carboxylic acids is 1. The third-order valence-corrected chi connectivity index (χ3v) is 2.99. The van der Waals surface area contributed by atoms with Crippen molar-refractivity contribution in [3.8, 4) is 0 Å². The number of rotatable bonds is 3. The highest BCUT2D eigenvalue weighted by Gasteiger charge is 2.55. The van der Waals surface area contributed by atoms with E-state index < -0.39 is 55.7 Å². The molecular formula is C11H17FO7. The molecule has 2 rings (SSSR count). The van der Waals surface area contributed by atoms with Crippen molar-refractivity contribution < 1.29 is 38.3 Å². The molecule has 0 aromatic carbocycles. The van der Waals surface area contributed by atoms with Crippen molar-refractivity contribution in [3.05, 3.63) is 0 Å². The molecule has 0 unspecified atom stereocenters. The smallest absolute Gasteiger partial charge is 0.338 e. The Morgan fingerprint density at radius 3 is 2.68 bits per heavy atom. The van der Waals surface area contributed by atoms with Gasteiger partial charge in [0.25, 0.3) is 0 Å². The van der Waals surface area contributed by atoms with Crippen LogP contribution in [0.3, 0.4) is 0 Å². The molecule has 0 radical (unpaired) electrons. The Hall–Kier alpha value is -0.800. The van der Waals surface area contributed by atoms with Crippen molar-refractivity contribution >= 4 is 5.97 Å². The summed E-state index contributed by atoms with van der Waals surface area (Å²) < 4.78 is 33.3. The van der Waals surface area contributed by atoms with Gasteiger partial charge in [0, 0.05) is 0 Å². The monoisotopic (exact) mass is 280 g/mol. The Morgan fingerprint density at radius 1 is 1.42 bits per heavy atom. The number of halogens is 1. The van der Waals surface area contributed by atoms with Gasteiger partial charge in [0.2, 0.25) is 0 Å². The number of esters is 1. The highest BCUT2D eigenvalue weighted by Crippen LogP contribution is 2.37. The molecule has 2 aliphatic rings. The predicted octanol–water partition coefficient (Wildman–Crippen LogP) is -0.903. The first kappa shape index (κ1) is 14.6. The molecule has 8 heteroatoms. The molecule has 0 bridgehead atoms. The maximum Gasteiger partial charge on any atom is 0.338 e. The largest absolute Gasteiger partial charge is 0.455 e. The van der Waals surface area contributed by atoms with Crippen LogP contribution in [0.25, 0.3) is 0 Å². The van der Waals surface area contributed by atoms with Crippen molar-refractivity contribution in [3.63, 3.8) is 0 Å². The lowest BCUT2D eigenvalue weighted by atomic mass is 9.99. The van der Waals surface area contributed by atoms with Gasteiger partial charge in [0.05, 0.1) is 6.61 Å². The number of fused-ring (bicyclic) bond motifs is 1. The SMILES string of the molecule is CC1(C)O[C@H]2O[C@@H](CO)[C@@H](O)[C@H](OC(=O)CF)[C@@H]2O1. The second-order valence-electron chi connectivity index (χ2n) is 4.90. The van der Waals surface area contributed by atoms with E-state index in [1.54, 1.807) is 13.8 Å². The minimum atomic E-state index is -1.32. The summed E-state index contributed by atoms with van der Waals surface area (Å²) in [5.41, 5.74) is 0. The van der Waals surface area contributed by atoms with Gasteiger partial charge in [-0.15, -0.1) is 0 Å². The number of aliphatic hydroxyl groups is 2. The first-order chi connectivity index (χ1) is 8.88. The van der Waals surface area contributed by atoms with E-state index in [-0.39, 0.29) is 0 Å². The van der Waals surface area contributed by atoms with E-state index in [2.05, 4.69) is 0 Å². The molecule has 7 nitrogen and oxygen atoms in total. The molecule has 19 heavy (non-hydrogen) atoms. The van der Waals surface area contributed by atoms with Crippen LogP contribution in [0.2, 0.25) is 0 Å². The minimum Gasteiger partial charge on any atom is -0.455 e. The van der Waals surface area contributed by atoms with Gasteiger partial charge in [-0.2, -0.15) is 0 Å². The quantitative estimate of drug-likeness (QED) is 0.647. The van der Waals surface area contributed by atoms with Crippen LogP contribution < -0.4 is 0 Å². The van der Waals surface area contributed by atoms with Gasteiger partial charge in [0.1, 0.15) is 12.2 Å². The Labute approximate surface area is 109 Å². The summed E-state index contributed by atoms with van der Waals surface area (Å²) in [7, 11) is 0. The fourth-order valence-corrected chi connectivity index (χ4v) is 2.21. The maximum atomic E-state index is 12.2. The summed E-state index contributed by atoms with van der Waals surface area (Å²) in [4.78, 5) is 11.1. The van der Waals surface area contributed by atoms with Gasteiger partial charge in [-0.1, -0.05) is 0 Å². The van der Waals surface area contributed by atoms with E-state index in [4.69, 9.17) is 24.1 Å². The van der Waals surface area contributed by atoms with E-state index in [1.165, 1.54) is 0 Å². The number of hydrogen-bond acceptors (Lipinski definition) is 7. The first-order valence-corrected chi connectivity index (χ1v) is 5.93. The van der Waals surface area contributed by atoms with Crippen LogP contribution in [0.4, 0.5) is 4.39 Å². The first-order valence-electron chi connectivity index (χ1n) is 5.93. The summed E-state index contributed by atoms with van der Waals surface area (Å²) in [6.07, 6.45) is -5.23. The van der Waals surface area contributed by atoms with Crippen molar-refractivity contribution in [1.82, 2.24) is 0 Å². The van der Waals surface area contributed by atoms with Crippen molar-refractivity contribution in [2.75, 3.05) is 13.3 Å². The van der Waals surface area contributed by atoms with Crippen LogP contribution in [-0.4, -0.2) is 66.0 Å². The van der Waals surface area contributed by atoms with Crippen LogP contribution in [0, 0.1) is 0 Å². The number of hydrogen-bond donors (Lipinski definition) is 2. The zero-order valence-corrected chi connectivity index (χ0v) is 10.6. The van der Waals surface area contributed by atoms with Gasteiger partial charge in [0.15, 0.2) is 31.0 Å². The zero-order valence-electron chi connectivity index (χ0n) is 10.6. The van der Waals surface area contributed by atoms with E-state index >= 15 is 0 Å². The number of carbonyl (C=O) groups is 1. The van der Waals surface area contributed by atoms with Gasteiger partial charge in [-0.05, 0) is 13.8 Å². The van der Waals surface area contributed by atoms with Gasteiger partial charge < -0.3 is 29.2 Å². The Kier molecular flexibility index (Phi) is 4.07. The summed E-state index contributed by atoms with van der Waals surface area (Å²) in [6, 6.07) is 0. The molecule has 2 heterocycles. The van der Waals surface area contributed by atoms with Crippen molar-refractivity contribution in [2.24, 2.45) is 0 Å². The van der Waals surface area contributed by atoms with E-state index in [0.29, 0.717) is 0 Å². The molecule has 0 aromatic rings. The highest BCUT2D eigenvalue weighted by atomic mass is 19.1. The third-order valence-electron chi connectivity index (χ3n) is 2.99. The summed E-state index contributed by atoms with van der Waals surface area (Å²) in [6.45, 7) is 1.46. The topological polar surface area (TPSA) is 94.5 Å². The van der Waals surface area contributed by atoms with Crippen LogP contribution in [0.15, 0.2) is 0 Å². The average Bonchev–Trinajstić information content (AvgIpc) is 2.66. The molecule has 0 aromatic heterocycles. The number of aliphatic hydroxyl groups excluding tert-OH is 2. The minimum absolute atomic E-state index is 0.488. The third kappa shape index (κ3) is 2.87. The molecule has 0 aliphatic carbocycles. The molecule has 2 saturated heterocycles. The molecular weight excluding hydrogens is 263 g/mol. The normalized spacial score (nSPS) is 40.8. The molecule has 0 amide bonds.